The van der Waals surface area contributed by atoms with Crippen molar-refractivity contribution >= 4 is 33.2 Å². The highest BCUT2D eigenvalue weighted by atomic mass is 32.2. The molecule has 162 valence electrons. The highest BCUT2D eigenvalue weighted by Gasteiger charge is 2.18. The maximum Gasteiger partial charge on any atom is 0.412 e. The van der Waals surface area contributed by atoms with Crippen LogP contribution in [-0.4, -0.2) is 39.4 Å². The minimum absolute atomic E-state index is 0.152. The Morgan fingerprint density at radius 3 is 2.33 bits per heavy atom. The molecule has 30 heavy (non-hydrogen) atoms. The number of carbonyl (C=O) groups excluding carboxylic acids is 2. The van der Waals surface area contributed by atoms with Crippen LogP contribution in [-0.2, 0) is 20.3 Å². The Kier molecular flexibility index (Phi) is 7.09. The molecule has 8 nitrogen and oxygen atoms in total. The molecule has 0 radical (unpaired) electrons. The van der Waals surface area contributed by atoms with Gasteiger partial charge >= 0.3 is 6.09 Å². The first-order chi connectivity index (χ1) is 13.9. The van der Waals surface area contributed by atoms with Crippen LogP contribution >= 0.6 is 0 Å². The molecular formula is C21H26N2O6S. The monoisotopic (exact) mass is 434 g/mol. The molecule has 2 N–H and O–H groups in total. The van der Waals surface area contributed by atoms with Gasteiger partial charge in [0.1, 0.15) is 11.4 Å². The Labute approximate surface area is 176 Å². The zero-order valence-corrected chi connectivity index (χ0v) is 18.4. The first-order valence-corrected chi connectivity index (χ1v) is 11.2. The van der Waals surface area contributed by atoms with Crippen molar-refractivity contribution in [2.75, 3.05) is 24.0 Å². The SMILES string of the molecule is COc1ccc(NC(=O)c2cccc(CS(C)(=O)=O)c2)cc1NC(=O)OC(C)(C)C. The topological polar surface area (TPSA) is 111 Å². The van der Waals surface area contributed by atoms with Gasteiger partial charge in [-0.3, -0.25) is 10.1 Å². The number of amides is 2. The second kappa shape index (κ2) is 9.17. The van der Waals surface area contributed by atoms with Crippen molar-refractivity contribution in [3.8, 4) is 5.75 Å². The highest BCUT2D eigenvalue weighted by Crippen LogP contribution is 2.28. The fourth-order valence-electron chi connectivity index (χ4n) is 2.61. The van der Waals surface area contributed by atoms with Gasteiger partial charge in [0.25, 0.3) is 5.91 Å². The molecule has 0 spiro atoms. The Morgan fingerprint density at radius 1 is 1.03 bits per heavy atom. The van der Waals surface area contributed by atoms with Gasteiger partial charge in [-0.2, -0.15) is 0 Å². The van der Waals surface area contributed by atoms with Crippen LogP contribution in [0.2, 0.25) is 0 Å². The molecule has 2 aromatic rings. The first kappa shape index (κ1) is 23.2. The average molecular weight is 435 g/mol. The van der Waals surface area contributed by atoms with E-state index in [0.717, 1.165) is 6.26 Å². The van der Waals surface area contributed by atoms with Crippen LogP contribution < -0.4 is 15.4 Å². The van der Waals surface area contributed by atoms with Crippen LogP contribution in [0.25, 0.3) is 0 Å². The molecule has 2 aromatic carbocycles. The summed E-state index contributed by atoms with van der Waals surface area (Å²) in [6.45, 7) is 5.25. The number of hydrogen-bond acceptors (Lipinski definition) is 6. The largest absolute Gasteiger partial charge is 0.495 e. The Morgan fingerprint density at radius 2 is 1.73 bits per heavy atom. The predicted octanol–water partition coefficient (Wildman–Crippen LogP) is 3.84. The number of rotatable bonds is 6. The summed E-state index contributed by atoms with van der Waals surface area (Å²) in [6, 6.07) is 11.2. The number of methoxy groups -OCH3 is 1. The fraction of sp³-hybridized carbons (Fsp3) is 0.333. The summed E-state index contributed by atoms with van der Waals surface area (Å²) in [5, 5.41) is 5.33. The van der Waals surface area contributed by atoms with E-state index in [0.29, 0.717) is 28.3 Å². The van der Waals surface area contributed by atoms with E-state index in [2.05, 4.69) is 10.6 Å². The highest BCUT2D eigenvalue weighted by molar-refractivity contribution is 7.89. The summed E-state index contributed by atoms with van der Waals surface area (Å²) in [6.07, 6.45) is 0.480. The Hall–Kier alpha value is -3.07. The van der Waals surface area contributed by atoms with Crippen molar-refractivity contribution in [2.45, 2.75) is 32.1 Å². The van der Waals surface area contributed by atoms with Gasteiger partial charge in [-0.1, -0.05) is 12.1 Å². The summed E-state index contributed by atoms with van der Waals surface area (Å²) in [7, 11) is -1.75. The lowest BCUT2D eigenvalue weighted by atomic mass is 10.1. The summed E-state index contributed by atoms with van der Waals surface area (Å²) < 4.78 is 33.5. The van der Waals surface area contributed by atoms with E-state index in [9.17, 15) is 18.0 Å². The van der Waals surface area contributed by atoms with Gasteiger partial charge in [0.05, 0.1) is 18.6 Å². The fourth-order valence-corrected chi connectivity index (χ4v) is 3.39. The van der Waals surface area contributed by atoms with Crippen LogP contribution in [0.5, 0.6) is 5.75 Å². The number of anilines is 2. The predicted molar refractivity (Wildman–Crippen MR) is 116 cm³/mol. The number of hydrogen-bond donors (Lipinski definition) is 2. The zero-order valence-electron chi connectivity index (χ0n) is 17.6. The van der Waals surface area contributed by atoms with Gasteiger partial charge in [0.15, 0.2) is 9.84 Å². The van der Waals surface area contributed by atoms with Gasteiger partial charge in [-0.15, -0.1) is 0 Å². The minimum atomic E-state index is -3.21. The molecule has 0 aliphatic rings. The first-order valence-electron chi connectivity index (χ1n) is 9.12. The lowest BCUT2D eigenvalue weighted by molar-refractivity contribution is 0.0635. The van der Waals surface area contributed by atoms with Gasteiger partial charge < -0.3 is 14.8 Å². The molecule has 0 aliphatic heterocycles. The molecule has 0 saturated heterocycles. The Bertz CT molecular complexity index is 1040. The molecular weight excluding hydrogens is 408 g/mol. The van der Waals surface area contributed by atoms with Crippen molar-refractivity contribution < 1.29 is 27.5 Å². The van der Waals surface area contributed by atoms with Crippen LogP contribution in [0.15, 0.2) is 42.5 Å². The second-order valence-corrected chi connectivity index (χ2v) is 9.91. The van der Waals surface area contributed by atoms with Gasteiger partial charge in [0.2, 0.25) is 0 Å². The van der Waals surface area contributed by atoms with Crippen molar-refractivity contribution in [2.24, 2.45) is 0 Å². The van der Waals surface area contributed by atoms with Crippen molar-refractivity contribution in [3.63, 3.8) is 0 Å². The van der Waals surface area contributed by atoms with E-state index in [1.54, 1.807) is 57.2 Å². The van der Waals surface area contributed by atoms with E-state index in [1.165, 1.54) is 13.2 Å². The standard InChI is InChI=1S/C21H26N2O6S/c1-21(2,3)29-20(25)23-17-12-16(9-10-18(17)28-4)22-19(24)15-8-6-7-14(11-15)13-30(5,26)27/h6-12H,13H2,1-5H3,(H,22,24)(H,23,25). The molecule has 0 saturated carbocycles. The molecule has 0 aliphatic carbocycles. The molecule has 9 heteroatoms. The number of nitrogens with one attached hydrogen (secondary N) is 2. The lowest BCUT2D eigenvalue weighted by Gasteiger charge is -2.20. The van der Waals surface area contributed by atoms with Crippen molar-refractivity contribution in [1.29, 1.82) is 0 Å². The van der Waals surface area contributed by atoms with E-state index in [1.807, 2.05) is 0 Å². The van der Waals surface area contributed by atoms with E-state index in [4.69, 9.17) is 9.47 Å². The maximum atomic E-state index is 12.6. The molecule has 2 amide bonds. The number of ether oxygens (including phenoxy) is 2. The third-order valence-corrected chi connectivity index (χ3v) is 4.57. The molecule has 0 atom stereocenters. The zero-order chi connectivity index (χ0) is 22.5. The van der Waals surface area contributed by atoms with Gasteiger partial charge in [-0.05, 0) is 56.7 Å². The number of sulfone groups is 1. The molecule has 0 unspecified atom stereocenters. The average Bonchev–Trinajstić information content (AvgIpc) is 2.59. The summed E-state index contributed by atoms with van der Waals surface area (Å²) >= 11 is 0. The van der Waals surface area contributed by atoms with Crippen molar-refractivity contribution in [3.05, 3.63) is 53.6 Å². The Balaban J connectivity index is 2.19. The summed E-state index contributed by atoms with van der Waals surface area (Å²) in [5.74, 6) is -0.173. The second-order valence-electron chi connectivity index (χ2n) is 7.77. The lowest BCUT2D eigenvalue weighted by Crippen LogP contribution is -2.27. The van der Waals surface area contributed by atoms with Crippen LogP contribution in [0.1, 0.15) is 36.7 Å². The number of benzene rings is 2. The summed E-state index contributed by atoms with van der Waals surface area (Å²) in [4.78, 5) is 24.7. The van der Waals surface area contributed by atoms with Crippen molar-refractivity contribution in [1.82, 2.24) is 0 Å². The van der Waals surface area contributed by atoms with E-state index >= 15 is 0 Å². The quantitative estimate of drug-likeness (QED) is 0.715. The normalized spacial score (nSPS) is 11.5. The maximum absolute atomic E-state index is 12.6. The molecule has 0 aromatic heterocycles. The summed E-state index contributed by atoms with van der Waals surface area (Å²) in [5.41, 5.74) is 0.914. The van der Waals surface area contributed by atoms with Gasteiger partial charge in [-0.25, -0.2) is 13.2 Å². The third-order valence-electron chi connectivity index (χ3n) is 3.71. The smallest absolute Gasteiger partial charge is 0.412 e. The van der Waals surface area contributed by atoms with Gasteiger partial charge in [0, 0.05) is 17.5 Å². The minimum Gasteiger partial charge on any atom is -0.495 e. The molecule has 2 rings (SSSR count). The molecule has 0 heterocycles. The molecule has 0 bridgehead atoms. The van der Waals surface area contributed by atoms with Crippen LogP contribution in [0, 0.1) is 0 Å². The van der Waals surface area contributed by atoms with Crippen LogP contribution in [0.4, 0.5) is 16.2 Å². The number of carbonyl (C=O) groups is 2. The molecule has 0 fully saturated rings. The third kappa shape index (κ3) is 7.40. The van der Waals surface area contributed by atoms with E-state index in [-0.39, 0.29) is 5.75 Å². The van der Waals surface area contributed by atoms with Crippen LogP contribution in [0.3, 0.4) is 0 Å². The van der Waals surface area contributed by atoms with E-state index < -0.39 is 27.4 Å².